The first-order valence-corrected chi connectivity index (χ1v) is 8.40. The molecule has 0 saturated carbocycles. The van der Waals surface area contributed by atoms with Gasteiger partial charge in [0.2, 0.25) is 0 Å². The van der Waals surface area contributed by atoms with Gasteiger partial charge in [-0.1, -0.05) is 6.07 Å². The van der Waals surface area contributed by atoms with Crippen LogP contribution in [0.25, 0.3) is 11.1 Å². The number of likely N-dealkylation sites (tertiary alicyclic amines) is 1. The van der Waals surface area contributed by atoms with Crippen molar-refractivity contribution in [2.75, 3.05) is 13.1 Å². The fourth-order valence-electron chi connectivity index (χ4n) is 3.57. The Morgan fingerprint density at radius 2 is 2.00 bits per heavy atom. The predicted octanol–water partition coefficient (Wildman–Crippen LogP) is 2.24. The Kier molecular flexibility index (Phi) is 3.76. The number of hydrogen-bond donors (Lipinski definition) is 0. The van der Waals surface area contributed by atoms with E-state index in [-0.39, 0.29) is 5.76 Å². The van der Waals surface area contributed by atoms with E-state index < -0.39 is 0 Å². The molecule has 0 N–H and O–H groups in total. The van der Waals surface area contributed by atoms with Gasteiger partial charge in [-0.15, -0.1) is 0 Å². The molecule has 0 unspecified atom stereocenters. The van der Waals surface area contributed by atoms with Gasteiger partial charge in [0.05, 0.1) is 11.2 Å². The summed E-state index contributed by atoms with van der Waals surface area (Å²) in [7, 11) is 3.72. The van der Waals surface area contributed by atoms with Crippen LogP contribution in [-0.4, -0.2) is 32.3 Å². The summed E-state index contributed by atoms with van der Waals surface area (Å²) < 4.78 is 8.64. The third kappa shape index (κ3) is 2.78. The van der Waals surface area contributed by atoms with Gasteiger partial charge >= 0.3 is 5.76 Å². The Bertz CT molecular complexity index is 913. The van der Waals surface area contributed by atoms with Crippen LogP contribution in [0.15, 0.2) is 39.7 Å². The summed E-state index contributed by atoms with van der Waals surface area (Å²) >= 11 is 0. The largest absolute Gasteiger partial charge is 0.419 e. The zero-order valence-electron chi connectivity index (χ0n) is 14.1. The summed E-state index contributed by atoms with van der Waals surface area (Å²) in [4.78, 5) is 14.1. The Balaban J connectivity index is 1.43. The maximum atomic E-state index is 11.6. The molecule has 1 fully saturated rings. The third-order valence-corrected chi connectivity index (χ3v) is 5.00. The Labute approximate surface area is 140 Å². The van der Waals surface area contributed by atoms with Crippen LogP contribution in [0.3, 0.4) is 0 Å². The molecule has 126 valence electrons. The van der Waals surface area contributed by atoms with Crippen molar-refractivity contribution < 1.29 is 4.42 Å². The molecule has 24 heavy (non-hydrogen) atoms. The molecule has 4 rings (SSSR count). The average Bonchev–Trinajstić information content (AvgIpc) is 3.13. The molecule has 6 heteroatoms. The molecule has 0 bridgehead atoms. The molecular weight excluding hydrogens is 304 g/mol. The number of nitrogens with zero attached hydrogens (tertiary/aromatic N) is 4. The molecule has 0 atom stereocenters. The molecule has 6 nitrogen and oxygen atoms in total. The van der Waals surface area contributed by atoms with Crippen LogP contribution in [0.2, 0.25) is 0 Å². The quantitative estimate of drug-likeness (QED) is 0.741. The highest BCUT2D eigenvalue weighted by atomic mass is 16.4. The van der Waals surface area contributed by atoms with Gasteiger partial charge < -0.3 is 4.42 Å². The lowest BCUT2D eigenvalue weighted by Gasteiger charge is -2.31. The van der Waals surface area contributed by atoms with Gasteiger partial charge in [-0.25, -0.2) is 4.79 Å². The monoisotopic (exact) mass is 326 g/mol. The van der Waals surface area contributed by atoms with E-state index in [1.807, 2.05) is 24.0 Å². The first kappa shape index (κ1) is 15.2. The molecule has 0 spiro atoms. The molecule has 3 heterocycles. The van der Waals surface area contributed by atoms with Crippen LogP contribution in [0.4, 0.5) is 0 Å². The third-order valence-electron chi connectivity index (χ3n) is 5.00. The van der Waals surface area contributed by atoms with Gasteiger partial charge in [0.15, 0.2) is 5.58 Å². The number of rotatable bonds is 3. The van der Waals surface area contributed by atoms with Crippen molar-refractivity contribution in [3.63, 3.8) is 0 Å². The summed E-state index contributed by atoms with van der Waals surface area (Å²) in [6.07, 6.45) is 4.30. The normalized spacial score (nSPS) is 16.9. The SMILES string of the molecule is Cn1ccc(C2CCN(Cc3ccc4oc(=O)n(C)c4c3)CC2)n1. The number of piperidine rings is 1. The van der Waals surface area contributed by atoms with E-state index in [0.717, 1.165) is 38.0 Å². The maximum absolute atomic E-state index is 11.6. The van der Waals surface area contributed by atoms with Crippen molar-refractivity contribution in [2.45, 2.75) is 25.3 Å². The van der Waals surface area contributed by atoms with E-state index in [0.29, 0.717) is 11.5 Å². The van der Waals surface area contributed by atoms with Crippen molar-refractivity contribution in [1.29, 1.82) is 0 Å². The average molecular weight is 326 g/mol. The molecular formula is C18H22N4O2. The van der Waals surface area contributed by atoms with Gasteiger partial charge in [0.1, 0.15) is 0 Å². The van der Waals surface area contributed by atoms with E-state index in [1.54, 1.807) is 11.6 Å². The highest BCUT2D eigenvalue weighted by Crippen LogP contribution is 2.27. The van der Waals surface area contributed by atoms with Crippen molar-refractivity contribution in [2.24, 2.45) is 14.1 Å². The van der Waals surface area contributed by atoms with Crippen LogP contribution in [0, 0.1) is 0 Å². The van der Waals surface area contributed by atoms with E-state index in [2.05, 4.69) is 28.2 Å². The summed E-state index contributed by atoms with van der Waals surface area (Å²) in [6.45, 7) is 3.05. The van der Waals surface area contributed by atoms with Gasteiger partial charge in [-0.05, 0) is 49.7 Å². The maximum Gasteiger partial charge on any atom is 0.419 e. The van der Waals surface area contributed by atoms with E-state index >= 15 is 0 Å². The number of aryl methyl sites for hydroxylation is 2. The topological polar surface area (TPSA) is 56.2 Å². The van der Waals surface area contributed by atoms with Crippen molar-refractivity contribution in [1.82, 2.24) is 19.2 Å². The number of benzene rings is 1. The second-order valence-electron chi connectivity index (χ2n) is 6.69. The number of hydrogen-bond acceptors (Lipinski definition) is 4. The van der Waals surface area contributed by atoms with Gasteiger partial charge in [-0.2, -0.15) is 5.10 Å². The highest BCUT2D eigenvalue weighted by molar-refractivity contribution is 5.73. The molecule has 3 aromatic rings. The highest BCUT2D eigenvalue weighted by Gasteiger charge is 2.22. The summed E-state index contributed by atoms with van der Waals surface area (Å²) in [6, 6.07) is 8.14. The molecule has 2 aromatic heterocycles. The molecule has 1 aromatic carbocycles. The number of fused-ring (bicyclic) bond motifs is 1. The van der Waals surface area contributed by atoms with Gasteiger partial charge in [-0.3, -0.25) is 14.1 Å². The molecule has 0 amide bonds. The Morgan fingerprint density at radius 3 is 2.71 bits per heavy atom. The minimum Gasteiger partial charge on any atom is -0.408 e. The zero-order chi connectivity index (χ0) is 16.7. The van der Waals surface area contributed by atoms with Gasteiger partial charge in [0, 0.05) is 32.8 Å². The minimum atomic E-state index is -0.307. The fraction of sp³-hybridized carbons (Fsp3) is 0.444. The molecule has 0 radical (unpaired) electrons. The second kappa shape index (κ2) is 5.94. The van der Waals surface area contributed by atoms with Crippen molar-refractivity contribution >= 4 is 11.1 Å². The molecule has 1 saturated heterocycles. The zero-order valence-corrected chi connectivity index (χ0v) is 14.1. The Morgan fingerprint density at radius 1 is 1.21 bits per heavy atom. The van der Waals surface area contributed by atoms with E-state index in [4.69, 9.17) is 4.42 Å². The first-order chi connectivity index (χ1) is 11.6. The standard InChI is InChI=1S/C18H22N4O2/c1-20-8-7-15(19-20)14-5-9-22(10-6-14)12-13-3-4-17-16(11-13)21(2)18(23)24-17/h3-4,7-8,11,14H,5-6,9-10,12H2,1-2H3. The van der Waals surface area contributed by atoms with Crippen molar-refractivity contribution in [3.05, 3.63) is 52.3 Å². The van der Waals surface area contributed by atoms with E-state index in [9.17, 15) is 4.79 Å². The first-order valence-electron chi connectivity index (χ1n) is 8.40. The predicted molar refractivity (Wildman–Crippen MR) is 91.9 cm³/mol. The molecule has 0 aliphatic carbocycles. The lowest BCUT2D eigenvalue weighted by atomic mass is 9.93. The van der Waals surface area contributed by atoms with Gasteiger partial charge in [0.25, 0.3) is 0 Å². The summed E-state index contributed by atoms with van der Waals surface area (Å²) in [5, 5.41) is 4.54. The molecule has 1 aliphatic rings. The van der Waals surface area contributed by atoms with Crippen molar-refractivity contribution in [3.8, 4) is 0 Å². The number of oxazole rings is 1. The van der Waals surface area contributed by atoms with Crippen LogP contribution < -0.4 is 5.76 Å². The number of aromatic nitrogens is 3. The summed E-state index contributed by atoms with van der Waals surface area (Å²) in [5.41, 5.74) is 3.95. The minimum absolute atomic E-state index is 0.307. The Hall–Kier alpha value is -2.34. The lowest BCUT2D eigenvalue weighted by molar-refractivity contribution is 0.203. The fourth-order valence-corrected chi connectivity index (χ4v) is 3.57. The van der Waals surface area contributed by atoms with E-state index in [1.165, 1.54) is 11.3 Å². The lowest BCUT2D eigenvalue weighted by Crippen LogP contribution is -2.32. The van der Waals surface area contributed by atoms with Crippen LogP contribution >= 0.6 is 0 Å². The van der Waals surface area contributed by atoms with Crippen LogP contribution in [0.5, 0.6) is 0 Å². The summed E-state index contributed by atoms with van der Waals surface area (Å²) in [5.74, 6) is 0.262. The second-order valence-corrected chi connectivity index (χ2v) is 6.69. The molecule has 1 aliphatic heterocycles. The van der Waals surface area contributed by atoms with Crippen LogP contribution in [0.1, 0.15) is 30.0 Å². The smallest absolute Gasteiger partial charge is 0.408 e. The van der Waals surface area contributed by atoms with Crippen LogP contribution in [-0.2, 0) is 20.6 Å².